The minimum atomic E-state index is -0.397. The van der Waals surface area contributed by atoms with Gasteiger partial charge in [-0.1, -0.05) is 39.3 Å². The first-order chi connectivity index (χ1) is 28.6. The molecule has 2 aromatic carbocycles. The highest BCUT2D eigenvalue weighted by atomic mass is 35.5. The predicted molar refractivity (Wildman–Crippen MR) is 229 cm³/mol. The van der Waals surface area contributed by atoms with Crippen molar-refractivity contribution in [2.45, 2.75) is 79.0 Å². The number of imide groups is 1. The molecule has 1 aliphatic carbocycles. The van der Waals surface area contributed by atoms with Gasteiger partial charge in [-0.25, -0.2) is 14.6 Å². The standard InChI is InChI=1S/C44H53ClN10O5/c1-28(56)50-37(57)7-6-14-55-39(59)35-11-9-33(21-31(35)26-49-55)53-19-17-52(18-20-53)15-12-29-13-16-54(27-29)42-47-24-32(25-48-42)38(58)51-40-43(2,3)41(44(40,4)5)60-34-10-8-30(23-46)36(45)22-34/h8-11,21-22,24-26,29,40-41H,6-7,12-20,27H2,1-5H3,(H,51,58)(H,50,56,57). The van der Waals surface area contributed by atoms with Gasteiger partial charge >= 0.3 is 0 Å². The van der Waals surface area contributed by atoms with Crippen molar-refractivity contribution in [3.05, 3.63) is 81.5 Å². The van der Waals surface area contributed by atoms with E-state index >= 15 is 0 Å². The number of amides is 3. The van der Waals surface area contributed by atoms with Crippen molar-refractivity contribution in [3.8, 4) is 11.8 Å². The Morgan fingerprint density at radius 2 is 1.68 bits per heavy atom. The van der Waals surface area contributed by atoms with Crippen LogP contribution in [0.4, 0.5) is 11.6 Å². The molecule has 7 rings (SSSR count). The number of hydrogen-bond acceptors (Lipinski definition) is 12. The van der Waals surface area contributed by atoms with Crippen molar-refractivity contribution in [2.75, 3.05) is 55.6 Å². The van der Waals surface area contributed by atoms with Crippen LogP contribution in [0, 0.1) is 28.1 Å². The molecule has 2 N–H and O–H groups in total. The largest absolute Gasteiger partial charge is 0.489 e. The maximum Gasteiger partial charge on any atom is 0.274 e. The number of nitrogens with zero attached hydrogens (tertiary/aromatic N) is 8. The smallest absolute Gasteiger partial charge is 0.274 e. The van der Waals surface area contributed by atoms with Crippen LogP contribution in [-0.4, -0.2) is 100 Å². The number of aromatic nitrogens is 4. The van der Waals surface area contributed by atoms with Crippen LogP contribution in [0.5, 0.6) is 5.75 Å². The molecule has 0 radical (unpaired) electrons. The lowest BCUT2D eigenvalue weighted by Crippen LogP contribution is -2.74. The zero-order valence-electron chi connectivity index (χ0n) is 34.9. The predicted octanol–water partition coefficient (Wildman–Crippen LogP) is 4.81. The average molecular weight is 837 g/mol. The highest BCUT2D eigenvalue weighted by molar-refractivity contribution is 6.31. The topological polar surface area (TPSA) is 179 Å². The summed E-state index contributed by atoms with van der Waals surface area (Å²) in [4.78, 5) is 65.6. The molecule has 4 aromatic rings. The van der Waals surface area contributed by atoms with E-state index in [4.69, 9.17) is 16.3 Å². The van der Waals surface area contributed by atoms with Crippen LogP contribution in [0.1, 0.15) is 76.2 Å². The minimum absolute atomic E-state index is 0.141. The van der Waals surface area contributed by atoms with E-state index in [2.05, 4.69) is 74.2 Å². The Labute approximate surface area is 355 Å². The third-order valence-electron chi connectivity index (χ3n) is 12.4. The van der Waals surface area contributed by atoms with E-state index in [1.54, 1.807) is 36.8 Å². The molecule has 1 unspecified atom stereocenters. The zero-order valence-corrected chi connectivity index (χ0v) is 35.7. The van der Waals surface area contributed by atoms with Crippen LogP contribution < -0.4 is 30.7 Å². The van der Waals surface area contributed by atoms with Gasteiger partial charge in [0.25, 0.3) is 11.5 Å². The summed E-state index contributed by atoms with van der Waals surface area (Å²) in [5.41, 5.74) is 0.914. The SMILES string of the molecule is CC(=O)NC(=O)CCCn1ncc2cc(N3CCN(CCC4CCN(c5ncc(C(=O)NC6C(C)(C)C(Oc7ccc(C#N)c(Cl)c7)C6(C)C)cn5)C4)CC3)ccc2c1=O. The number of piperazine rings is 1. The van der Waals surface area contributed by atoms with Crippen LogP contribution in [0.25, 0.3) is 10.8 Å². The summed E-state index contributed by atoms with van der Waals surface area (Å²) in [5, 5.41) is 20.7. The highest BCUT2D eigenvalue weighted by Crippen LogP contribution is 2.55. The van der Waals surface area contributed by atoms with Crippen molar-refractivity contribution in [1.29, 1.82) is 5.26 Å². The van der Waals surface area contributed by atoms with E-state index in [1.165, 1.54) is 11.6 Å². The number of aryl methyl sites for hydroxylation is 1. The second-order valence-electron chi connectivity index (χ2n) is 17.4. The molecule has 3 amide bonds. The monoisotopic (exact) mass is 836 g/mol. The summed E-state index contributed by atoms with van der Waals surface area (Å²) >= 11 is 6.25. The number of anilines is 2. The number of carbonyl (C=O) groups is 3. The Bertz CT molecular complexity index is 2340. The zero-order chi connectivity index (χ0) is 42.8. The minimum Gasteiger partial charge on any atom is -0.489 e. The molecule has 3 aliphatic rings. The van der Waals surface area contributed by atoms with Crippen molar-refractivity contribution >= 4 is 51.7 Å². The van der Waals surface area contributed by atoms with Gasteiger partial charge in [0.15, 0.2) is 0 Å². The number of benzene rings is 2. The molecule has 3 fully saturated rings. The first-order valence-electron chi connectivity index (χ1n) is 20.7. The Hall–Kier alpha value is -5.59. The van der Waals surface area contributed by atoms with Crippen LogP contribution in [0.15, 0.2) is 59.8 Å². The number of halogens is 1. The molecule has 316 valence electrons. The summed E-state index contributed by atoms with van der Waals surface area (Å²) in [6.45, 7) is 16.3. The number of nitrogens with one attached hydrogen (secondary N) is 2. The first kappa shape index (κ1) is 42.5. The molecule has 0 bridgehead atoms. The number of ether oxygens (including phenoxy) is 1. The van der Waals surface area contributed by atoms with Gasteiger partial charge in [0.1, 0.15) is 17.9 Å². The fourth-order valence-electron chi connectivity index (χ4n) is 9.44. The number of rotatable bonds is 13. The van der Waals surface area contributed by atoms with E-state index in [0.717, 1.165) is 69.7 Å². The Morgan fingerprint density at radius 3 is 2.37 bits per heavy atom. The Morgan fingerprint density at radius 1 is 0.950 bits per heavy atom. The second-order valence-corrected chi connectivity index (χ2v) is 17.8. The van der Waals surface area contributed by atoms with Crippen LogP contribution >= 0.6 is 11.6 Å². The van der Waals surface area contributed by atoms with E-state index in [9.17, 15) is 24.4 Å². The van der Waals surface area contributed by atoms with E-state index < -0.39 is 5.91 Å². The van der Waals surface area contributed by atoms with Crippen molar-refractivity contribution in [1.82, 2.24) is 35.3 Å². The van der Waals surface area contributed by atoms with Gasteiger partial charge in [-0.05, 0) is 62.1 Å². The summed E-state index contributed by atoms with van der Waals surface area (Å²) in [5.74, 6) is 0.773. The fourth-order valence-corrected chi connectivity index (χ4v) is 9.65. The lowest BCUT2D eigenvalue weighted by atomic mass is 9.49. The highest BCUT2D eigenvalue weighted by Gasteiger charge is 2.64. The van der Waals surface area contributed by atoms with E-state index in [0.29, 0.717) is 52.1 Å². The average Bonchev–Trinajstić information content (AvgIpc) is 3.71. The molecule has 60 heavy (non-hydrogen) atoms. The third kappa shape index (κ3) is 9.10. The number of hydrogen-bond donors (Lipinski definition) is 2. The van der Waals surface area contributed by atoms with Gasteiger partial charge in [-0.2, -0.15) is 10.4 Å². The molecule has 4 heterocycles. The van der Waals surface area contributed by atoms with Crippen LogP contribution in [0.2, 0.25) is 5.02 Å². The molecule has 0 spiro atoms. The van der Waals surface area contributed by atoms with Crippen molar-refractivity contribution in [2.24, 2.45) is 16.7 Å². The Balaban J connectivity index is 0.843. The maximum absolute atomic E-state index is 13.4. The first-order valence-corrected chi connectivity index (χ1v) is 21.0. The fraction of sp³-hybridized carbons (Fsp3) is 0.500. The van der Waals surface area contributed by atoms with Gasteiger partial charge in [0, 0.05) is 106 Å². The number of carbonyl (C=O) groups excluding carboxylic acids is 3. The molecule has 1 saturated carbocycles. The third-order valence-corrected chi connectivity index (χ3v) is 12.7. The Kier molecular flexibility index (Phi) is 12.4. The normalized spacial score (nSPS) is 20.9. The molecule has 2 aliphatic heterocycles. The molecular weight excluding hydrogens is 784 g/mol. The summed E-state index contributed by atoms with van der Waals surface area (Å²) < 4.78 is 7.74. The van der Waals surface area contributed by atoms with Gasteiger partial charge in [0.2, 0.25) is 17.8 Å². The van der Waals surface area contributed by atoms with Gasteiger partial charge < -0.3 is 19.9 Å². The van der Waals surface area contributed by atoms with Crippen molar-refractivity contribution in [3.63, 3.8) is 0 Å². The summed E-state index contributed by atoms with van der Waals surface area (Å²) in [6, 6.07) is 12.8. The molecule has 15 nitrogen and oxygen atoms in total. The van der Waals surface area contributed by atoms with E-state index in [1.807, 2.05) is 18.2 Å². The lowest BCUT2D eigenvalue weighted by Gasteiger charge is -2.63. The summed E-state index contributed by atoms with van der Waals surface area (Å²) in [7, 11) is 0. The van der Waals surface area contributed by atoms with E-state index in [-0.39, 0.29) is 46.8 Å². The number of fused-ring (bicyclic) bond motifs is 1. The van der Waals surface area contributed by atoms with Crippen LogP contribution in [0.3, 0.4) is 0 Å². The lowest BCUT2D eigenvalue weighted by molar-refractivity contribution is -0.164. The van der Waals surface area contributed by atoms with Gasteiger partial charge in [-0.15, -0.1) is 0 Å². The summed E-state index contributed by atoms with van der Waals surface area (Å²) in [6.07, 6.45) is 7.42. The molecule has 16 heteroatoms. The molecule has 2 saturated heterocycles. The second kappa shape index (κ2) is 17.6. The van der Waals surface area contributed by atoms with Crippen LogP contribution in [-0.2, 0) is 16.1 Å². The van der Waals surface area contributed by atoms with Crippen molar-refractivity contribution < 1.29 is 19.1 Å². The van der Waals surface area contributed by atoms with Gasteiger partial charge in [0.05, 0.1) is 27.7 Å². The quantitative estimate of drug-likeness (QED) is 0.188. The number of nitriles is 1. The molecule has 2 aromatic heterocycles. The molecule has 1 atom stereocenters. The van der Waals surface area contributed by atoms with Gasteiger partial charge in [-0.3, -0.25) is 29.4 Å². The maximum atomic E-state index is 13.4. The molecular formula is C44H53ClN10O5.